The zero-order chi connectivity index (χ0) is 10.7. The number of hydrogen-bond acceptors (Lipinski definition) is 2. The summed E-state index contributed by atoms with van der Waals surface area (Å²) in [5.74, 6) is 0.896. The van der Waals surface area contributed by atoms with Crippen LogP contribution in [-0.4, -0.2) is 24.5 Å². The standard InChI is InChI=1S/C12H22N2O/c1-9-3-2-4-11(9)14-12(15)7-8-13-10-5-6-10/h9-11,13H,2-8H2,1H3,(H,14,15). The minimum atomic E-state index is 0.224. The molecular weight excluding hydrogens is 188 g/mol. The third-order valence-electron chi connectivity index (χ3n) is 3.57. The van der Waals surface area contributed by atoms with E-state index in [9.17, 15) is 4.79 Å². The monoisotopic (exact) mass is 210 g/mol. The quantitative estimate of drug-likeness (QED) is 0.721. The van der Waals surface area contributed by atoms with Gasteiger partial charge in [-0.1, -0.05) is 13.3 Å². The van der Waals surface area contributed by atoms with Crippen molar-refractivity contribution in [3.05, 3.63) is 0 Å². The van der Waals surface area contributed by atoms with Gasteiger partial charge in [-0.25, -0.2) is 0 Å². The van der Waals surface area contributed by atoms with Crippen molar-refractivity contribution in [3.63, 3.8) is 0 Å². The molecule has 15 heavy (non-hydrogen) atoms. The van der Waals surface area contributed by atoms with E-state index in [1.165, 1.54) is 32.1 Å². The molecule has 2 fully saturated rings. The minimum Gasteiger partial charge on any atom is -0.353 e. The van der Waals surface area contributed by atoms with Crippen LogP contribution in [0.5, 0.6) is 0 Å². The van der Waals surface area contributed by atoms with Crippen molar-refractivity contribution in [1.82, 2.24) is 10.6 Å². The second kappa shape index (κ2) is 4.97. The van der Waals surface area contributed by atoms with Crippen molar-refractivity contribution in [3.8, 4) is 0 Å². The van der Waals surface area contributed by atoms with Crippen molar-refractivity contribution >= 4 is 5.91 Å². The Labute approximate surface area is 92.0 Å². The summed E-state index contributed by atoms with van der Waals surface area (Å²) >= 11 is 0. The molecule has 0 aliphatic heterocycles. The molecule has 0 aromatic rings. The normalized spacial score (nSPS) is 30.5. The molecule has 0 spiro atoms. The second-order valence-corrected chi connectivity index (χ2v) is 5.06. The van der Waals surface area contributed by atoms with Gasteiger partial charge in [-0.3, -0.25) is 4.79 Å². The van der Waals surface area contributed by atoms with Crippen LogP contribution in [0, 0.1) is 5.92 Å². The van der Waals surface area contributed by atoms with Gasteiger partial charge in [0, 0.05) is 25.0 Å². The highest BCUT2D eigenvalue weighted by Gasteiger charge is 2.25. The van der Waals surface area contributed by atoms with Crippen molar-refractivity contribution in [1.29, 1.82) is 0 Å². The number of nitrogens with one attached hydrogen (secondary N) is 2. The topological polar surface area (TPSA) is 41.1 Å². The Morgan fingerprint density at radius 3 is 2.67 bits per heavy atom. The first kappa shape index (κ1) is 10.9. The minimum absolute atomic E-state index is 0.224. The SMILES string of the molecule is CC1CCCC1NC(=O)CCNC1CC1. The number of rotatable bonds is 5. The van der Waals surface area contributed by atoms with E-state index in [0.717, 1.165) is 6.54 Å². The average molecular weight is 210 g/mol. The lowest BCUT2D eigenvalue weighted by molar-refractivity contribution is -0.121. The van der Waals surface area contributed by atoms with Crippen molar-refractivity contribution < 1.29 is 4.79 Å². The lowest BCUT2D eigenvalue weighted by Crippen LogP contribution is -2.37. The highest BCUT2D eigenvalue weighted by atomic mass is 16.1. The summed E-state index contributed by atoms with van der Waals surface area (Å²) in [6, 6.07) is 1.15. The van der Waals surface area contributed by atoms with E-state index in [0.29, 0.717) is 24.4 Å². The predicted molar refractivity (Wildman–Crippen MR) is 60.6 cm³/mol. The highest BCUT2D eigenvalue weighted by Crippen LogP contribution is 2.24. The molecule has 0 saturated heterocycles. The van der Waals surface area contributed by atoms with E-state index < -0.39 is 0 Å². The number of hydrogen-bond donors (Lipinski definition) is 2. The Morgan fingerprint density at radius 1 is 1.27 bits per heavy atom. The van der Waals surface area contributed by atoms with Crippen molar-refractivity contribution in [2.24, 2.45) is 5.92 Å². The van der Waals surface area contributed by atoms with Crippen LogP contribution in [0.1, 0.15) is 45.4 Å². The zero-order valence-corrected chi connectivity index (χ0v) is 9.59. The van der Waals surface area contributed by atoms with Gasteiger partial charge in [0.1, 0.15) is 0 Å². The molecule has 2 atom stereocenters. The molecule has 2 rings (SSSR count). The Kier molecular flexibility index (Phi) is 3.62. The summed E-state index contributed by atoms with van der Waals surface area (Å²) < 4.78 is 0. The zero-order valence-electron chi connectivity index (χ0n) is 9.59. The first-order valence-corrected chi connectivity index (χ1v) is 6.28. The van der Waals surface area contributed by atoms with E-state index in [4.69, 9.17) is 0 Å². The summed E-state index contributed by atoms with van der Waals surface area (Å²) in [7, 11) is 0. The van der Waals surface area contributed by atoms with Gasteiger partial charge < -0.3 is 10.6 Å². The van der Waals surface area contributed by atoms with Gasteiger partial charge in [0.05, 0.1) is 0 Å². The van der Waals surface area contributed by atoms with Crippen molar-refractivity contribution in [2.45, 2.75) is 57.5 Å². The molecule has 2 N–H and O–H groups in total. The Hall–Kier alpha value is -0.570. The van der Waals surface area contributed by atoms with Crippen LogP contribution in [-0.2, 0) is 4.79 Å². The van der Waals surface area contributed by atoms with Gasteiger partial charge in [-0.15, -0.1) is 0 Å². The first-order valence-electron chi connectivity index (χ1n) is 6.28. The van der Waals surface area contributed by atoms with Gasteiger partial charge in [-0.05, 0) is 31.6 Å². The summed E-state index contributed by atoms with van der Waals surface area (Å²) in [5.41, 5.74) is 0. The molecule has 0 radical (unpaired) electrons. The predicted octanol–water partition coefficient (Wildman–Crippen LogP) is 1.43. The Balaban J connectivity index is 1.58. The van der Waals surface area contributed by atoms with Gasteiger partial charge in [0.2, 0.25) is 5.91 Å². The van der Waals surface area contributed by atoms with Crippen LogP contribution < -0.4 is 10.6 Å². The number of amides is 1. The molecule has 0 heterocycles. The molecule has 0 bridgehead atoms. The lowest BCUT2D eigenvalue weighted by atomic mass is 10.1. The maximum absolute atomic E-state index is 11.6. The number of carbonyl (C=O) groups is 1. The van der Waals surface area contributed by atoms with Crippen LogP contribution in [0.15, 0.2) is 0 Å². The van der Waals surface area contributed by atoms with Crippen LogP contribution in [0.2, 0.25) is 0 Å². The summed E-state index contributed by atoms with van der Waals surface area (Å²) in [6.45, 7) is 3.08. The van der Waals surface area contributed by atoms with Crippen LogP contribution in [0.25, 0.3) is 0 Å². The molecule has 2 saturated carbocycles. The molecule has 2 aliphatic carbocycles. The van der Waals surface area contributed by atoms with Crippen LogP contribution in [0.3, 0.4) is 0 Å². The van der Waals surface area contributed by atoms with Gasteiger partial charge in [-0.2, -0.15) is 0 Å². The van der Waals surface area contributed by atoms with E-state index in [1.807, 2.05) is 0 Å². The van der Waals surface area contributed by atoms with E-state index in [1.54, 1.807) is 0 Å². The molecule has 3 nitrogen and oxygen atoms in total. The maximum atomic E-state index is 11.6. The van der Waals surface area contributed by atoms with Gasteiger partial charge in [0.25, 0.3) is 0 Å². The second-order valence-electron chi connectivity index (χ2n) is 5.06. The molecule has 1 amide bonds. The fourth-order valence-electron chi connectivity index (χ4n) is 2.32. The molecule has 0 aromatic carbocycles. The maximum Gasteiger partial charge on any atom is 0.221 e. The third kappa shape index (κ3) is 3.49. The third-order valence-corrected chi connectivity index (χ3v) is 3.57. The van der Waals surface area contributed by atoms with Gasteiger partial charge in [0.15, 0.2) is 0 Å². The Bertz CT molecular complexity index is 226. The van der Waals surface area contributed by atoms with Crippen LogP contribution in [0.4, 0.5) is 0 Å². The van der Waals surface area contributed by atoms with E-state index in [2.05, 4.69) is 17.6 Å². The fourth-order valence-corrected chi connectivity index (χ4v) is 2.32. The van der Waals surface area contributed by atoms with Gasteiger partial charge >= 0.3 is 0 Å². The largest absolute Gasteiger partial charge is 0.353 e. The average Bonchev–Trinajstić information content (AvgIpc) is 2.93. The highest BCUT2D eigenvalue weighted by molar-refractivity contribution is 5.76. The molecular formula is C12H22N2O. The molecule has 2 unspecified atom stereocenters. The van der Waals surface area contributed by atoms with Crippen LogP contribution >= 0.6 is 0 Å². The van der Waals surface area contributed by atoms with Crippen molar-refractivity contribution in [2.75, 3.05) is 6.54 Å². The first-order chi connectivity index (χ1) is 7.25. The summed E-state index contributed by atoms with van der Waals surface area (Å²) in [6.07, 6.45) is 6.93. The molecule has 3 heteroatoms. The molecule has 86 valence electrons. The molecule has 2 aliphatic rings. The number of carbonyl (C=O) groups excluding carboxylic acids is 1. The smallest absolute Gasteiger partial charge is 0.221 e. The summed E-state index contributed by atoms with van der Waals surface area (Å²) in [4.78, 5) is 11.6. The Morgan fingerprint density at radius 2 is 2.07 bits per heavy atom. The fraction of sp³-hybridized carbons (Fsp3) is 0.917. The lowest BCUT2D eigenvalue weighted by Gasteiger charge is -2.17. The van der Waals surface area contributed by atoms with E-state index >= 15 is 0 Å². The summed E-state index contributed by atoms with van der Waals surface area (Å²) in [5, 5.41) is 6.51. The van der Waals surface area contributed by atoms with E-state index in [-0.39, 0.29) is 5.91 Å². The molecule has 0 aromatic heterocycles.